The Hall–Kier alpha value is -1.30. The van der Waals surface area contributed by atoms with Gasteiger partial charge in [0.1, 0.15) is 5.60 Å². The lowest BCUT2D eigenvalue weighted by Gasteiger charge is -2.26. The maximum Gasteiger partial charge on any atom is 0.407 e. The number of carbonyl (C=O) groups excluding carboxylic acids is 1. The molecule has 2 N–H and O–H groups in total. The molecule has 0 aromatic heterocycles. The second kappa shape index (κ2) is 6.04. The zero-order valence-electron chi connectivity index (χ0n) is 11.9. The molecule has 0 aromatic carbocycles. The number of aliphatic carboxylic acids is 1. The smallest absolute Gasteiger partial charge is 0.407 e. The van der Waals surface area contributed by atoms with Crippen molar-refractivity contribution in [1.82, 2.24) is 5.32 Å². The van der Waals surface area contributed by atoms with Gasteiger partial charge in [-0.15, -0.1) is 0 Å². The van der Waals surface area contributed by atoms with Crippen molar-refractivity contribution < 1.29 is 24.2 Å². The first kappa shape index (κ1) is 16.7. The van der Waals surface area contributed by atoms with Crippen molar-refractivity contribution in [3.63, 3.8) is 0 Å². The van der Waals surface area contributed by atoms with Crippen LogP contribution in [0.5, 0.6) is 0 Å². The molecule has 0 aliphatic rings. The van der Waals surface area contributed by atoms with Crippen molar-refractivity contribution in [3.05, 3.63) is 0 Å². The summed E-state index contributed by atoms with van der Waals surface area (Å²) < 4.78 is 10.3. The molecule has 6 nitrogen and oxygen atoms in total. The van der Waals surface area contributed by atoms with Crippen LogP contribution in [0.25, 0.3) is 0 Å². The van der Waals surface area contributed by atoms with Crippen molar-refractivity contribution in [2.45, 2.75) is 58.8 Å². The Morgan fingerprint density at radius 3 is 1.94 bits per heavy atom. The van der Waals surface area contributed by atoms with Crippen LogP contribution in [-0.4, -0.2) is 41.0 Å². The second-order valence-corrected chi connectivity index (χ2v) is 5.94. The summed E-state index contributed by atoms with van der Waals surface area (Å²) in [6, 6.07) is 0. The molecule has 0 rings (SSSR count). The number of hydrogen-bond donors (Lipinski definition) is 2. The van der Waals surface area contributed by atoms with Crippen LogP contribution < -0.4 is 5.32 Å². The van der Waals surface area contributed by atoms with Crippen molar-refractivity contribution in [1.29, 1.82) is 0 Å². The molecule has 0 heterocycles. The third kappa shape index (κ3) is 8.81. The van der Waals surface area contributed by atoms with E-state index in [1.807, 2.05) is 0 Å². The first-order valence-corrected chi connectivity index (χ1v) is 5.78. The van der Waals surface area contributed by atoms with E-state index in [0.29, 0.717) is 0 Å². The summed E-state index contributed by atoms with van der Waals surface area (Å²) >= 11 is 0. The van der Waals surface area contributed by atoms with Gasteiger partial charge in [0.25, 0.3) is 0 Å². The molecule has 0 fully saturated rings. The van der Waals surface area contributed by atoms with Crippen molar-refractivity contribution in [3.8, 4) is 0 Å². The monoisotopic (exact) mass is 261 g/mol. The number of carbonyl (C=O) groups is 2. The lowest BCUT2D eigenvalue weighted by Crippen LogP contribution is -2.43. The molecule has 0 radical (unpaired) electrons. The molecule has 0 saturated carbocycles. The quantitative estimate of drug-likeness (QED) is 0.805. The number of alkyl carbamates (subject to hydrolysis) is 1. The molecule has 18 heavy (non-hydrogen) atoms. The van der Waals surface area contributed by atoms with E-state index >= 15 is 0 Å². The van der Waals surface area contributed by atoms with Crippen LogP contribution in [0.4, 0.5) is 4.79 Å². The summed E-state index contributed by atoms with van der Waals surface area (Å²) in [7, 11) is 0. The normalized spacial score (nSPS) is 13.9. The Morgan fingerprint density at radius 2 is 1.61 bits per heavy atom. The Bertz CT molecular complexity index is 301. The molecule has 0 unspecified atom stereocenters. The second-order valence-electron chi connectivity index (χ2n) is 5.94. The van der Waals surface area contributed by atoms with Crippen LogP contribution in [0.1, 0.15) is 41.5 Å². The van der Waals surface area contributed by atoms with Crippen molar-refractivity contribution in [2.24, 2.45) is 0 Å². The largest absolute Gasteiger partial charge is 0.479 e. The van der Waals surface area contributed by atoms with E-state index in [0.717, 1.165) is 0 Å². The molecule has 0 spiro atoms. The molecule has 0 saturated heterocycles. The molecular formula is C12H23NO5. The number of nitrogens with one attached hydrogen (secondary N) is 1. The minimum absolute atomic E-state index is 0.137. The van der Waals surface area contributed by atoms with E-state index in [4.69, 9.17) is 14.6 Å². The van der Waals surface area contributed by atoms with Gasteiger partial charge in [-0.2, -0.15) is 0 Å². The molecule has 1 atom stereocenters. The number of ether oxygens (including phenoxy) is 2. The number of carboxylic acid groups (broad SMARTS) is 1. The molecule has 0 aromatic rings. The topological polar surface area (TPSA) is 84.9 Å². The zero-order chi connectivity index (χ0) is 14.6. The fourth-order valence-electron chi connectivity index (χ4n) is 1.10. The van der Waals surface area contributed by atoms with Crippen LogP contribution in [0.2, 0.25) is 0 Å². The Kier molecular flexibility index (Phi) is 5.60. The average Bonchev–Trinajstić information content (AvgIpc) is 2.06. The van der Waals surface area contributed by atoms with Gasteiger partial charge < -0.3 is 19.9 Å². The highest BCUT2D eigenvalue weighted by Crippen LogP contribution is 2.11. The van der Waals surface area contributed by atoms with E-state index in [1.54, 1.807) is 41.5 Å². The van der Waals surface area contributed by atoms with Gasteiger partial charge in [-0.1, -0.05) is 0 Å². The van der Waals surface area contributed by atoms with Gasteiger partial charge in [0.2, 0.25) is 0 Å². The highest BCUT2D eigenvalue weighted by molar-refractivity contribution is 5.74. The van der Waals surface area contributed by atoms with E-state index in [1.165, 1.54) is 0 Å². The highest BCUT2D eigenvalue weighted by Gasteiger charge is 2.26. The molecular weight excluding hydrogens is 238 g/mol. The fraction of sp³-hybridized carbons (Fsp3) is 0.833. The SMILES string of the molecule is CC(C)(C)OC(=O)NC[C@H](OC(C)(C)C)C(=O)O. The molecule has 106 valence electrons. The first-order chi connectivity index (χ1) is 7.91. The minimum atomic E-state index is -1.12. The predicted molar refractivity (Wildman–Crippen MR) is 66.5 cm³/mol. The molecule has 0 aliphatic carbocycles. The third-order valence-corrected chi connectivity index (χ3v) is 1.60. The summed E-state index contributed by atoms with van der Waals surface area (Å²) in [6.07, 6.45) is -1.76. The Morgan fingerprint density at radius 1 is 1.11 bits per heavy atom. The lowest BCUT2D eigenvalue weighted by molar-refractivity contribution is -0.159. The summed E-state index contributed by atoms with van der Waals surface area (Å²) in [4.78, 5) is 22.3. The maximum absolute atomic E-state index is 11.4. The number of rotatable bonds is 4. The van der Waals surface area contributed by atoms with Crippen LogP contribution in [0, 0.1) is 0 Å². The fourth-order valence-corrected chi connectivity index (χ4v) is 1.10. The summed E-state index contributed by atoms with van der Waals surface area (Å²) in [5.74, 6) is -1.12. The molecule has 0 bridgehead atoms. The van der Waals surface area contributed by atoms with Gasteiger partial charge in [-0.05, 0) is 41.5 Å². The Labute approximate surface area is 108 Å². The van der Waals surface area contributed by atoms with Crippen LogP contribution in [0.3, 0.4) is 0 Å². The Balaban J connectivity index is 4.29. The standard InChI is InChI=1S/C12H23NO5/c1-11(2,3)17-8(9(14)15)7-13-10(16)18-12(4,5)6/h8H,7H2,1-6H3,(H,13,16)(H,14,15)/t8-/m0/s1. The highest BCUT2D eigenvalue weighted by atomic mass is 16.6. The minimum Gasteiger partial charge on any atom is -0.479 e. The van der Waals surface area contributed by atoms with Crippen molar-refractivity contribution >= 4 is 12.1 Å². The lowest BCUT2D eigenvalue weighted by atomic mass is 10.2. The molecule has 1 amide bonds. The summed E-state index contributed by atoms with van der Waals surface area (Å²) in [6.45, 7) is 10.3. The predicted octanol–water partition coefficient (Wildman–Crippen LogP) is 1.78. The van der Waals surface area contributed by atoms with Gasteiger partial charge in [0, 0.05) is 0 Å². The number of hydrogen-bond acceptors (Lipinski definition) is 4. The van der Waals surface area contributed by atoms with E-state index in [-0.39, 0.29) is 6.54 Å². The van der Waals surface area contributed by atoms with Crippen LogP contribution >= 0.6 is 0 Å². The summed E-state index contributed by atoms with van der Waals surface area (Å²) in [5.41, 5.74) is -1.22. The van der Waals surface area contributed by atoms with Crippen molar-refractivity contribution in [2.75, 3.05) is 6.54 Å². The maximum atomic E-state index is 11.4. The van der Waals surface area contributed by atoms with Gasteiger partial charge in [-0.25, -0.2) is 9.59 Å². The van der Waals surface area contributed by atoms with Crippen LogP contribution in [-0.2, 0) is 14.3 Å². The van der Waals surface area contributed by atoms with Gasteiger partial charge in [0.05, 0.1) is 12.1 Å². The van der Waals surface area contributed by atoms with Gasteiger partial charge in [0.15, 0.2) is 6.10 Å². The summed E-state index contributed by atoms with van der Waals surface area (Å²) in [5, 5.41) is 11.3. The molecule has 0 aliphatic heterocycles. The van der Waals surface area contributed by atoms with Crippen LogP contribution in [0.15, 0.2) is 0 Å². The third-order valence-electron chi connectivity index (χ3n) is 1.60. The van der Waals surface area contributed by atoms with E-state index in [9.17, 15) is 9.59 Å². The van der Waals surface area contributed by atoms with Gasteiger partial charge in [-0.3, -0.25) is 0 Å². The van der Waals surface area contributed by atoms with Gasteiger partial charge >= 0.3 is 12.1 Å². The van der Waals surface area contributed by atoms with E-state index in [2.05, 4.69) is 5.32 Å². The first-order valence-electron chi connectivity index (χ1n) is 5.78. The average molecular weight is 261 g/mol. The van der Waals surface area contributed by atoms with E-state index < -0.39 is 29.4 Å². The zero-order valence-corrected chi connectivity index (χ0v) is 11.9. The number of carboxylic acids is 1. The molecule has 6 heteroatoms. The number of amides is 1.